The Labute approximate surface area is 153 Å². The highest BCUT2D eigenvalue weighted by Gasteiger charge is 2.36. The second-order valence-corrected chi connectivity index (χ2v) is 7.17. The first-order valence-corrected chi connectivity index (χ1v) is 9.14. The minimum Gasteiger partial charge on any atom is -0.481 e. The van der Waals surface area contributed by atoms with Gasteiger partial charge in [0.1, 0.15) is 11.5 Å². The molecular formula is C22H24O4. The number of rotatable bonds is 7. The molecule has 2 aromatic carbocycles. The van der Waals surface area contributed by atoms with Gasteiger partial charge in [-0.1, -0.05) is 37.5 Å². The maximum atomic E-state index is 12.7. The van der Waals surface area contributed by atoms with E-state index >= 15 is 0 Å². The summed E-state index contributed by atoms with van der Waals surface area (Å²) in [6, 6.07) is 16.6. The number of benzene rings is 2. The number of hydrogen-bond acceptors (Lipinski definition) is 3. The normalized spacial score (nSPS) is 16.0. The molecule has 1 saturated carbocycles. The van der Waals surface area contributed by atoms with Crippen molar-refractivity contribution in [3.05, 3.63) is 60.2 Å². The van der Waals surface area contributed by atoms with E-state index in [2.05, 4.69) is 0 Å². The van der Waals surface area contributed by atoms with E-state index in [1.54, 1.807) is 24.3 Å². The fourth-order valence-electron chi connectivity index (χ4n) is 3.81. The quantitative estimate of drug-likeness (QED) is 0.671. The molecule has 0 saturated heterocycles. The third kappa shape index (κ3) is 4.72. The summed E-state index contributed by atoms with van der Waals surface area (Å²) in [6.45, 7) is 0. The van der Waals surface area contributed by atoms with Crippen molar-refractivity contribution in [2.75, 3.05) is 0 Å². The number of carboxylic acids is 1. The highest BCUT2D eigenvalue weighted by atomic mass is 16.5. The Morgan fingerprint density at radius 2 is 1.46 bits per heavy atom. The van der Waals surface area contributed by atoms with Crippen LogP contribution in [-0.4, -0.2) is 16.9 Å². The number of carbonyl (C=O) groups excluding carboxylic acids is 1. The molecule has 4 nitrogen and oxygen atoms in total. The average molecular weight is 352 g/mol. The van der Waals surface area contributed by atoms with E-state index in [1.807, 2.05) is 30.3 Å². The summed E-state index contributed by atoms with van der Waals surface area (Å²) in [4.78, 5) is 24.0. The Morgan fingerprint density at radius 1 is 0.846 bits per heavy atom. The van der Waals surface area contributed by atoms with E-state index in [1.165, 1.54) is 0 Å². The lowest BCUT2D eigenvalue weighted by Gasteiger charge is -2.35. The zero-order valence-electron chi connectivity index (χ0n) is 14.8. The van der Waals surface area contributed by atoms with Crippen molar-refractivity contribution in [3.63, 3.8) is 0 Å². The van der Waals surface area contributed by atoms with Crippen LogP contribution >= 0.6 is 0 Å². The van der Waals surface area contributed by atoms with Gasteiger partial charge >= 0.3 is 5.97 Å². The molecule has 0 spiro atoms. The SMILES string of the molecule is O=C(O)CC1(CC(=O)c2ccc(Oc3ccccc3)cc2)CCCCC1. The van der Waals surface area contributed by atoms with Gasteiger partial charge in [-0.2, -0.15) is 0 Å². The predicted octanol–water partition coefficient (Wildman–Crippen LogP) is 5.48. The number of carboxylic acid groups (broad SMARTS) is 1. The third-order valence-electron chi connectivity index (χ3n) is 5.13. The van der Waals surface area contributed by atoms with Gasteiger partial charge in [0.25, 0.3) is 0 Å². The first kappa shape index (κ1) is 18.2. The first-order chi connectivity index (χ1) is 12.6. The van der Waals surface area contributed by atoms with Crippen LogP contribution in [0.15, 0.2) is 54.6 Å². The highest BCUT2D eigenvalue weighted by Crippen LogP contribution is 2.43. The van der Waals surface area contributed by atoms with Crippen molar-refractivity contribution < 1.29 is 19.4 Å². The lowest BCUT2D eigenvalue weighted by molar-refractivity contribution is -0.140. The first-order valence-electron chi connectivity index (χ1n) is 9.14. The molecule has 3 rings (SSSR count). The van der Waals surface area contributed by atoms with Gasteiger partial charge in [-0.25, -0.2) is 0 Å². The number of Topliss-reactive ketones (excluding diaryl/α,β-unsaturated/α-hetero) is 1. The monoisotopic (exact) mass is 352 g/mol. The Balaban J connectivity index is 1.67. The Kier molecular flexibility index (Phi) is 5.71. The average Bonchev–Trinajstić information content (AvgIpc) is 2.63. The van der Waals surface area contributed by atoms with E-state index in [-0.39, 0.29) is 17.6 Å². The number of carbonyl (C=O) groups is 2. The lowest BCUT2D eigenvalue weighted by Crippen LogP contribution is -2.30. The largest absolute Gasteiger partial charge is 0.481 e. The number of para-hydroxylation sites is 1. The molecule has 0 unspecified atom stereocenters. The van der Waals surface area contributed by atoms with Gasteiger partial charge in [-0.05, 0) is 54.7 Å². The van der Waals surface area contributed by atoms with Crippen LogP contribution < -0.4 is 4.74 Å². The zero-order valence-corrected chi connectivity index (χ0v) is 14.8. The summed E-state index contributed by atoms with van der Waals surface area (Å²) in [5, 5.41) is 9.26. The molecule has 1 aliphatic rings. The van der Waals surface area contributed by atoms with Crippen LogP contribution in [0.1, 0.15) is 55.3 Å². The van der Waals surface area contributed by atoms with Crippen LogP contribution in [0.5, 0.6) is 11.5 Å². The molecular weight excluding hydrogens is 328 g/mol. The summed E-state index contributed by atoms with van der Waals surface area (Å²) in [5.74, 6) is 0.616. The van der Waals surface area contributed by atoms with Crippen LogP contribution in [0.3, 0.4) is 0 Å². The third-order valence-corrected chi connectivity index (χ3v) is 5.13. The highest BCUT2D eigenvalue weighted by molar-refractivity contribution is 5.96. The number of hydrogen-bond donors (Lipinski definition) is 1. The number of ketones is 1. The van der Waals surface area contributed by atoms with Gasteiger partial charge in [0.05, 0.1) is 6.42 Å². The molecule has 1 fully saturated rings. The van der Waals surface area contributed by atoms with E-state index in [4.69, 9.17) is 4.74 Å². The molecule has 0 aliphatic heterocycles. The molecule has 2 aromatic rings. The molecule has 0 atom stereocenters. The van der Waals surface area contributed by atoms with Crippen LogP contribution in [0.4, 0.5) is 0 Å². The van der Waals surface area contributed by atoms with Gasteiger partial charge in [-0.3, -0.25) is 9.59 Å². The van der Waals surface area contributed by atoms with Gasteiger partial charge < -0.3 is 9.84 Å². The Hall–Kier alpha value is -2.62. The van der Waals surface area contributed by atoms with Gasteiger partial charge in [-0.15, -0.1) is 0 Å². The molecule has 4 heteroatoms. The number of ether oxygens (including phenoxy) is 1. The molecule has 1 aliphatic carbocycles. The zero-order chi connectivity index (χ0) is 18.4. The predicted molar refractivity (Wildman–Crippen MR) is 99.7 cm³/mol. The van der Waals surface area contributed by atoms with Crippen molar-refractivity contribution in [2.24, 2.45) is 5.41 Å². The summed E-state index contributed by atoms with van der Waals surface area (Å²) >= 11 is 0. The smallest absolute Gasteiger partial charge is 0.303 e. The van der Waals surface area contributed by atoms with Crippen molar-refractivity contribution >= 4 is 11.8 Å². The lowest BCUT2D eigenvalue weighted by atomic mass is 9.68. The van der Waals surface area contributed by atoms with Crippen molar-refractivity contribution in [1.29, 1.82) is 0 Å². The van der Waals surface area contributed by atoms with Gasteiger partial charge in [0.15, 0.2) is 5.78 Å². The van der Waals surface area contributed by atoms with Crippen LogP contribution in [0, 0.1) is 5.41 Å². The number of aliphatic carboxylic acids is 1. The van der Waals surface area contributed by atoms with Crippen molar-refractivity contribution in [1.82, 2.24) is 0 Å². The second kappa shape index (κ2) is 8.17. The van der Waals surface area contributed by atoms with Crippen molar-refractivity contribution in [2.45, 2.75) is 44.9 Å². The standard InChI is InChI=1S/C22H24O4/c23-20(15-22(16-21(24)25)13-5-2-6-14-22)17-9-11-19(12-10-17)26-18-7-3-1-4-8-18/h1,3-4,7-12H,2,5-6,13-16H2,(H,24,25). The molecule has 26 heavy (non-hydrogen) atoms. The van der Waals surface area contributed by atoms with E-state index in [0.29, 0.717) is 17.7 Å². The Morgan fingerprint density at radius 3 is 2.08 bits per heavy atom. The van der Waals surface area contributed by atoms with E-state index in [9.17, 15) is 14.7 Å². The maximum absolute atomic E-state index is 12.7. The summed E-state index contributed by atoms with van der Waals surface area (Å²) < 4.78 is 5.75. The second-order valence-electron chi connectivity index (χ2n) is 7.17. The molecule has 0 aromatic heterocycles. The van der Waals surface area contributed by atoms with E-state index in [0.717, 1.165) is 37.9 Å². The fourth-order valence-corrected chi connectivity index (χ4v) is 3.81. The molecule has 136 valence electrons. The van der Waals surface area contributed by atoms with E-state index < -0.39 is 5.97 Å². The Bertz CT molecular complexity index is 743. The minimum absolute atomic E-state index is 0.0133. The molecule has 0 bridgehead atoms. The van der Waals surface area contributed by atoms with Crippen LogP contribution in [0.25, 0.3) is 0 Å². The van der Waals surface area contributed by atoms with Crippen LogP contribution in [-0.2, 0) is 4.79 Å². The summed E-state index contributed by atoms with van der Waals surface area (Å²) in [7, 11) is 0. The molecule has 0 amide bonds. The molecule has 0 radical (unpaired) electrons. The molecule has 1 N–H and O–H groups in total. The maximum Gasteiger partial charge on any atom is 0.303 e. The van der Waals surface area contributed by atoms with Crippen molar-refractivity contribution in [3.8, 4) is 11.5 Å². The van der Waals surface area contributed by atoms with Gasteiger partial charge in [0.2, 0.25) is 0 Å². The topological polar surface area (TPSA) is 63.6 Å². The van der Waals surface area contributed by atoms with Crippen LogP contribution in [0.2, 0.25) is 0 Å². The minimum atomic E-state index is -0.814. The van der Waals surface area contributed by atoms with Gasteiger partial charge in [0, 0.05) is 12.0 Å². The summed E-state index contributed by atoms with van der Waals surface area (Å²) in [6.07, 6.45) is 5.16. The fraction of sp³-hybridized carbons (Fsp3) is 0.364. The summed E-state index contributed by atoms with van der Waals surface area (Å²) in [5.41, 5.74) is 0.223. The molecule has 0 heterocycles.